The lowest BCUT2D eigenvalue weighted by molar-refractivity contribution is -0.143. The number of imide groups is 1. The molecule has 0 aromatic heterocycles. The molecule has 112 valence electrons. The van der Waals surface area contributed by atoms with E-state index in [-0.39, 0.29) is 30.7 Å². The summed E-state index contributed by atoms with van der Waals surface area (Å²) in [4.78, 5) is 38.5. The second-order valence-electron chi connectivity index (χ2n) is 5.53. The first-order valence-corrected chi connectivity index (χ1v) is 7.36. The maximum atomic E-state index is 12.5. The Morgan fingerprint density at radius 2 is 2.00 bits per heavy atom. The minimum absolute atomic E-state index is 0.00472. The zero-order valence-electron chi connectivity index (χ0n) is 11.9. The summed E-state index contributed by atoms with van der Waals surface area (Å²) in [6, 6.07) is -0.398. The largest absolute Gasteiger partial charge is 0.481 e. The molecule has 2 amide bonds. The van der Waals surface area contributed by atoms with Crippen LogP contribution in [0.2, 0.25) is 0 Å². The van der Waals surface area contributed by atoms with Gasteiger partial charge in [-0.25, -0.2) is 0 Å². The van der Waals surface area contributed by atoms with E-state index >= 15 is 0 Å². The van der Waals surface area contributed by atoms with Gasteiger partial charge in [-0.05, 0) is 19.4 Å². The van der Waals surface area contributed by atoms with Crippen LogP contribution in [0.4, 0.5) is 0 Å². The van der Waals surface area contributed by atoms with E-state index in [2.05, 4.69) is 0 Å². The number of rotatable bonds is 6. The molecule has 0 spiro atoms. The zero-order chi connectivity index (χ0) is 14.7. The van der Waals surface area contributed by atoms with Gasteiger partial charge < -0.3 is 5.11 Å². The highest BCUT2D eigenvalue weighted by molar-refractivity contribution is 6.05. The molecule has 0 aromatic carbocycles. The lowest BCUT2D eigenvalue weighted by Gasteiger charge is -2.27. The highest BCUT2D eigenvalue weighted by Gasteiger charge is 2.44. The van der Waals surface area contributed by atoms with Gasteiger partial charge in [0.05, 0.1) is 18.9 Å². The van der Waals surface area contributed by atoms with E-state index in [1.165, 1.54) is 4.90 Å². The predicted molar refractivity (Wildman–Crippen MR) is 72.0 cm³/mol. The van der Waals surface area contributed by atoms with E-state index in [1.807, 2.05) is 11.8 Å². The Labute approximate surface area is 118 Å². The van der Waals surface area contributed by atoms with Crippen LogP contribution in [0.1, 0.15) is 45.4 Å². The molecule has 6 nitrogen and oxygen atoms in total. The number of carboxylic acids is 1. The molecule has 2 rings (SSSR count). The molecule has 20 heavy (non-hydrogen) atoms. The number of likely N-dealkylation sites (N-methyl/N-ethyl adjacent to an activating group) is 1. The predicted octanol–water partition coefficient (Wildman–Crippen LogP) is 0.853. The summed E-state index contributed by atoms with van der Waals surface area (Å²) in [5.74, 6) is -1.11. The third kappa shape index (κ3) is 3.00. The topological polar surface area (TPSA) is 77.9 Å². The third-order valence-corrected chi connectivity index (χ3v) is 4.31. The molecule has 0 radical (unpaired) electrons. The van der Waals surface area contributed by atoms with Crippen molar-refractivity contribution in [3.8, 4) is 0 Å². The number of carbonyl (C=O) groups excluding carboxylic acids is 2. The van der Waals surface area contributed by atoms with Crippen molar-refractivity contribution in [3.05, 3.63) is 0 Å². The Balaban J connectivity index is 2.03. The number of likely N-dealkylation sites (tertiary alicyclic amines) is 1. The average molecular weight is 282 g/mol. The van der Waals surface area contributed by atoms with Gasteiger partial charge in [0.2, 0.25) is 11.8 Å². The van der Waals surface area contributed by atoms with E-state index in [9.17, 15) is 14.4 Å². The van der Waals surface area contributed by atoms with Crippen molar-refractivity contribution in [2.75, 3.05) is 13.1 Å². The summed E-state index contributed by atoms with van der Waals surface area (Å²) in [7, 11) is 0. The van der Waals surface area contributed by atoms with Crippen LogP contribution in [-0.4, -0.2) is 57.9 Å². The fraction of sp³-hybridized carbons (Fsp3) is 0.786. The van der Waals surface area contributed by atoms with Crippen LogP contribution < -0.4 is 0 Å². The standard InChI is InChI=1S/C14H22N2O4/c1-2-15(8-7-13(18)19)11-9-12(17)16(14(11)20)10-5-3-4-6-10/h10-11H,2-9H2,1H3,(H,18,19). The van der Waals surface area contributed by atoms with Crippen LogP contribution in [0.15, 0.2) is 0 Å². The molecule has 1 aliphatic carbocycles. The van der Waals surface area contributed by atoms with E-state index < -0.39 is 12.0 Å². The quantitative estimate of drug-likeness (QED) is 0.731. The van der Waals surface area contributed by atoms with Gasteiger partial charge >= 0.3 is 5.97 Å². The molecular weight excluding hydrogens is 260 g/mol. The van der Waals surface area contributed by atoms with Gasteiger partial charge in [-0.1, -0.05) is 19.8 Å². The Hall–Kier alpha value is -1.43. The summed E-state index contributed by atoms with van der Waals surface area (Å²) in [6.45, 7) is 2.78. The highest BCUT2D eigenvalue weighted by Crippen LogP contribution is 2.29. The Kier molecular flexibility index (Phi) is 4.75. The summed E-state index contributed by atoms with van der Waals surface area (Å²) >= 11 is 0. The van der Waals surface area contributed by atoms with Crippen LogP contribution in [0, 0.1) is 0 Å². The van der Waals surface area contributed by atoms with Crippen LogP contribution in [0.5, 0.6) is 0 Å². The molecule has 0 aromatic rings. The summed E-state index contributed by atoms with van der Waals surface area (Å²) in [6.07, 6.45) is 4.15. The van der Waals surface area contributed by atoms with Gasteiger partial charge in [-0.3, -0.25) is 24.2 Å². The highest BCUT2D eigenvalue weighted by atomic mass is 16.4. The van der Waals surface area contributed by atoms with Crippen LogP contribution in [-0.2, 0) is 14.4 Å². The van der Waals surface area contributed by atoms with Gasteiger partial charge in [-0.2, -0.15) is 0 Å². The maximum Gasteiger partial charge on any atom is 0.304 e. The SMILES string of the molecule is CCN(CCC(=O)O)C1CC(=O)N(C2CCCC2)C1=O. The van der Waals surface area contributed by atoms with Gasteiger partial charge in [0, 0.05) is 12.6 Å². The van der Waals surface area contributed by atoms with Crippen molar-refractivity contribution < 1.29 is 19.5 Å². The van der Waals surface area contributed by atoms with Gasteiger partial charge in [0.25, 0.3) is 0 Å². The first-order valence-electron chi connectivity index (χ1n) is 7.36. The second-order valence-corrected chi connectivity index (χ2v) is 5.53. The number of hydrogen-bond acceptors (Lipinski definition) is 4. The molecule has 1 N–H and O–H groups in total. The van der Waals surface area contributed by atoms with Crippen molar-refractivity contribution >= 4 is 17.8 Å². The summed E-state index contributed by atoms with van der Waals surface area (Å²) < 4.78 is 0. The fourth-order valence-electron chi connectivity index (χ4n) is 3.24. The molecule has 2 aliphatic rings. The van der Waals surface area contributed by atoms with Gasteiger partial charge in [0.1, 0.15) is 0 Å². The number of aliphatic carboxylic acids is 1. The van der Waals surface area contributed by atoms with Crippen molar-refractivity contribution in [1.29, 1.82) is 0 Å². The molecule has 0 bridgehead atoms. The smallest absolute Gasteiger partial charge is 0.304 e. The Bertz CT molecular complexity index is 404. The molecule has 1 atom stereocenters. The second kappa shape index (κ2) is 6.35. The minimum Gasteiger partial charge on any atom is -0.481 e. The molecule has 6 heteroatoms. The van der Waals surface area contributed by atoms with Crippen LogP contribution in [0.3, 0.4) is 0 Å². The van der Waals surface area contributed by atoms with E-state index in [1.54, 1.807) is 0 Å². The van der Waals surface area contributed by atoms with Gasteiger partial charge in [0.15, 0.2) is 0 Å². The van der Waals surface area contributed by atoms with Crippen LogP contribution in [0.25, 0.3) is 0 Å². The Morgan fingerprint density at radius 3 is 2.55 bits per heavy atom. The summed E-state index contributed by atoms with van der Waals surface area (Å²) in [5, 5.41) is 8.75. The number of carbonyl (C=O) groups is 3. The normalized spacial score (nSPS) is 24.1. The Morgan fingerprint density at radius 1 is 1.35 bits per heavy atom. The monoisotopic (exact) mass is 282 g/mol. The maximum absolute atomic E-state index is 12.5. The number of nitrogens with zero attached hydrogens (tertiary/aromatic N) is 2. The molecular formula is C14H22N2O4. The number of hydrogen-bond donors (Lipinski definition) is 1. The lowest BCUT2D eigenvalue weighted by atomic mass is 10.2. The molecule has 1 unspecified atom stereocenters. The average Bonchev–Trinajstić information content (AvgIpc) is 2.99. The van der Waals surface area contributed by atoms with E-state index in [0.717, 1.165) is 25.7 Å². The van der Waals surface area contributed by atoms with Crippen LogP contribution >= 0.6 is 0 Å². The van der Waals surface area contributed by atoms with Gasteiger partial charge in [-0.15, -0.1) is 0 Å². The number of carboxylic acid groups (broad SMARTS) is 1. The third-order valence-electron chi connectivity index (χ3n) is 4.31. The van der Waals surface area contributed by atoms with E-state index in [4.69, 9.17) is 5.11 Å². The molecule has 1 aliphatic heterocycles. The lowest BCUT2D eigenvalue weighted by Crippen LogP contribution is -2.45. The minimum atomic E-state index is -0.882. The fourth-order valence-corrected chi connectivity index (χ4v) is 3.24. The van der Waals surface area contributed by atoms with Crippen molar-refractivity contribution in [2.24, 2.45) is 0 Å². The zero-order valence-corrected chi connectivity index (χ0v) is 11.9. The molecule has 1 heterocycles. The molecule has 1 saturated carbocycles. The van der Waals surface area contributed by atoms with Crippen molar-refractivity contribution in [2.45, 2.75) is 57.5 Å². The van der Waals surface area contributed by atoms with Crippen molar-refractivity contribution in [3.63, 3.8) is 0 Å². The van der Waals surface area contributed by atoms with E-state index in [0.29, 0.717) is 13.1 Å². The first kappa shape index (κ1) is 15.0. The number of amides is 2. The summed E-state index contributed by atoms with van der Waals surface area (Å²) in [5.41, 5.74) is 0. The first-order chi connectivity index (χ1) is 9.54. The molecule has 1 saturated heterocycles. The molecule has 2 fully saturated rings. The van der Waals surface area contributed by atoms with Crippen molar-refractivity contribution in [1.82, 2.24) is 9.80 Å².